The zero-order chi connectivity index (χ0) is 10.5. The molecule has 0 spiro atoms. The number of carbonyl (C=O) groups excluding carboxylic acids is 1. The van der Waals surface area contributed by atoms with Crippen LogP contribution in [-0.2, 0) is 11.6 Å². The van der Waals surface area contributed by atoms with Gasteiger partial charge in [0.25, 0.3) is 0 Å². The lowest BCUT2D eigenvalue weighted by atomic mass is 10.4. The highest BCUT2D eigenvalue weighted by Crippen LogP contribution is 2.61. The average molecular weight is 263 g/mol. The number of hydrogen-bond acceptors (Lipinski definition) is 3. The molecule has 1 heterocycles. The van der Waals surface area contributed by atoms with Crippen LogP contribution in [0.4, 0.5) is 0 Å². The first kappa shape index (κ1) is 13.0. The Labute approximate surface area is 89.5 Å². The van der Waals surface area contributed by atoms with Crippen molar-refractivity contribution in [3.8, 4) is 0 Å². The molecule has 13 heavy (non-hydrogen) atoms. The van der Waals surface area contributed by atoms with Crippen molar-refractivity contribution in [3.05, 3.63) is 18.0 Å². The first-order valence-electron chi connectivity index (χ1n) is 2.96. The maximum atomic E-state index is 9.97. The Morgan fingerprint density at radius 2 is 2.00 bits per heavy atom. The molecule has 0 radical (unpaired) electrons. The summed E-state index contributed by atoms with van der Waals surface area (Å²) in [4.78, 5) is 9.97. The zero-order valence-electron chi connectivity index (χ0n) is 6.52. The van der Waals surface area contributed by atoms with E-state index in [9.17, 15) is 9.36 Å². The highest BCUT2D eigenvalue weighted by Gasteiger charge is 2.02. The summed E-state index contributed by atoms with van der Waals surface area (Å²) in [5.41, 5.74) is 0.618. The number of rotatable bonds is 1. The van der Waals surface area contributed by atoms with Crippen molar-refractivity contribution in [1.29, 1.82) is 0 Å². The molecule has 74 valence electrons. The molecule has 4 nitrogen and oxygen atoms in total. The summed E-state index contributed by atoms with van der Waals surface area (Å²) in [5, 5.41) is 0.551. The van der Waals surface area contributed by atoms with E-state index in [-0.39, 0.29) is 0 Å². The maximum Gasteiger partial charge on any atom is 0.339 e. The van der Waals surface area contributed by atoms with E-state index in [4.69, 9.17) is 0 Å². The number of aromatic nitrogens is 2. The van der Waals surface area contributed by atoms with Crippen molar-refractivity contribution in [2.75, 3.05) is 0 Å². The maximum absolute atomic E-state index is 9.97. The van der Waals surface area contributed by atoms with E-state index < -0.39 is 5.20 Å². The predicted octanol–water partition coefficient (Wildman–Crippen LogP) is 3.04. The SMILES string of the molecule is Cn1cc(C=O)cn1.O=P(Cl)(Cl)Cl. The van der Waals surface area contributed by atoms with Crippen molar-refractivity contribution in [2.24, 2.45) is 7.05 Å². The molecule has 0 saturated heterocycles. The second-order valence-electron chi connectivity index (χ2n) is 1.96. The third-order valence-electron chi connectivity index (χ3n) is 0.861. The number of carbonyl (C=O) groups is 1. The molecule has 1 aromatic rings. The van der Waals surface area contributed by atoms with E-state index in [0.717, 1.165) is 6.29 Å². The standard InChI is InChI=1S/C5H6N2O.Cl3OP/c1-7-3-5(4-8)2-6-7;1-5(2,3)4/h2-4H,1H3;. The van der Waals surface area contributed by atoms with Crippen LogP contribution in [0.25, 0.3) is 0 Å². The van der Waals surface area contributed by atoms with Crippen molar-refractivity contribution >= 4 is 45.2 Å². The molecule has 0 bridgehead atoms. The number of aldehydes is 1. The summed E-state index contributed by atoms with van der Waals surface area (Å²) in [6.07, 6.45) is 3.95. The van der Waals surface area contributed by atoms with Crippen LogP contribution in [0.5, 0.6) is 0 Å². The first-order chi connectivity index (χ1) is 5.83. The fourth-order valence-corrected chi connectivity index (χ4v) is 0.501. The second-order valence-corrected chi connectivity index (χ2v) is 8.60. The molecule has 0 saturated carbocycles. The van der Waals surface area contributed by atoms with Crippen LogP contribution in [0.3, 0.4) is 0 Å². The zero-order valence-corrected chi connectivity index (χ0v) is 9.69. The third kappa shape index (κ3) is 9.90. The van der Waals surface area contributed by atoms with Crippen molar-refractivity contribution in [3.63, 3.8) is 0 Å². The van der Waals surface area contributed by atoms with E-state index in [1.807, 2.05) is 0 Å². The number of nitrogens with zero attached hydrogens (tertiary/aromatic N) is 2. The normalized spacial score (nSPS) is 10.2. The lowest BCUT2D eigenvalue weighted by molar-refractivity contribution is 0.112. The quantitative estimate of drug-likeness (QED) is 0.578. The Morgan fingerprint density at radius 3 is 2.15 bits per heavy atom. The minimum absolute atomic E-state index is 0.618. The molecule has 0 fully saturated rings. The van der Waals surface area contributed by atoms with Gasteiger partial charge in [-0.15, -0.1) is 0 Å². The molecule has 0 N–H and O–H groups in total. The highest BCUT2D eigenvalue weighted by molar-refractivity contribution is 8.24. The van der Waals surface area contributed by atoms with E-state index >= 15 is 0 Å². The van der Waals surface area contributed by atoms with Gasteiger partial charge in [-0.2, -0.15) is 5.10 Å². The van der Waals surface area contributed by atoms with Gasteiger partial charge in [-0.25, -0.2) is 0 Å². The van der Waals surface area contributed by atoms with Crippen LogP contribution >= 0.6 is 38.9 Å². The Balaban J connectivity index is 0.000000252. The van der Waals surface area contributed by atoms with Crippen molar-refractivity contribution in [2.45, 2.75) is 0 Å². The van der Waals surface area contributed by atoms with Gasteiger partial charge >= 0.3 is 5.20 Å². The van der Waals surface area contributed by atoms with Gasteiger partial charge in [0, 0.05) is 13.2 Å². The number of halogens is 3. The molecular formula is C5H6Cl3N2O2P. The van der Waals surface area contributed by atoms with Gasteiger partial charge in [0.15, 0.2) is 6.29 Å². The Bertz CT molecular complexity index is 313. The predicted molar refractivity (Wildman–Crippen MR) is 53.8 cm³/mol. The van der Waals surface area contributed by atoms with E-state index in [2.05, 4.69) is 38.8 Å². The van der Waals surface area contributed by atoms with Crippen LogP contribution in [0.1, 0.15) is 10.4 Å². The van der Waals surface area contributed by atoms with Gasteiger partial charge in [0.1, 0.15) is 0 Å². The Morgan fingerprint density at radius 1 is 1.54 bits per heavy atom. The molecule has 1 aromatic heterocycles. The highest BCUT2D eigenvalue weighted by atomic mass is 36.0. The number of hydrogen-bond donors (Lipinski definition) is 0. The van der Waals surface area contributed by atoms with E-state index in [1.165, 1.54) is 6.20 Å². The third-order valence-corrected chi connectivity index (χ3v) is 0.861. The van der Waals surface area contributed by atoms with Crippen LogP contribution in [-0.4, -0.2) is 16.1 Å². The lowest BCUT2D eigenvalue weighted by Crippen LogP contribution is -1.84. The minimum atomic E-state index is -3.22. The lowest BCUT2D eigenvalue weighted by Gasteiger charge is -1.78. The summed E-state index contributed by atoms with van der Waals surface area (Å²) >= 11 is 13.8. The summed E-state index contributed by atoms with van der Waals surface area (Å²) < 4.78 is 11.1. The molecule has 0 amide bonds. The molecule has 0 atom stereocenters. The molecule has 0 aliphatic carbocycles. The summed E-state index contributed by atoms with van der Waals surface area (Å²) in [7, 11) is 1.77. The summed E-state index contributed by atoms with van der Waals surface area (Å²) in [6, 6.07) is 0. The largest absolute Gasteiger partial charge is 0.339 e. The Kier molecular flexibility index (Phi) is 5.65. The van der Waals surface area contributed by atoms with Gasteiger partial charge in [-0.1, -0.05) is 0 Å². The smallest absolute Gasteiger partial charge is 0.298 e. The van der Waals surface area contributed by atoms with Gasteiger partial charge in [-0.3, -0.25) is 14.0 Å². The van der Waals surface area contributed by atoms with E-state index in [0.29, 0.717) is 5.56 Å². The van der Waals surface area contributed by atoms with Crippen LogP contribution < -0.4 is 0 Å². The van der Waals surface area contributed by atoms with Crippen molar-refractivity contribution in [1.82, 2.24) is 9.78 Å². The fourth-order valence-electron chi connectivity index (χ4n) is 0.501. The number of aryl methyl sites for hydroxylation is 1. The van der Waals surface area contributed by atoms with Crippen LogP contribution in [0, 0.1) is 0 Å². The molecule has 0 aliphatic rings. The summed E-state index contributed by atoms with van der Waals surface area (Å²) in [5.74, 6) is 0. The monoisotopic (exact) mass is 262 g/mol. The molecule has 1 rings (SSSR count). The fraction of sp³-hybridized carbons (Fsp3) is 0.200. The molecule has 0 aromatic carbocycles. The van der Waals surface area contributed by atoms with Crippen molar-refractivity contribution < 1.29 is 9.36 Å². The van der Waals surface area contributed by atoms with Crippen LogP contribution in [0.15, 0.2) is 12.4 Å². The summed E-state index contributed by atoms with van der Waals surface area (Å²) in [6.45, 7) is 0. The van der Waals surface area contributed by atoms with Crippen LogP contribution in [0.2, 0.25) is 0 Å². The molecular weight excluding hydrogens is 257 g/mol. The topological polar surface area (TPSA) is 52.0 Å². The molecule has 0 unspecified atom stereocenters. The van der Waals surface area contributed by atoms with Gasteiger partial charge in [0.2, 0.25) is 0 Å². The average Bonchev–Trinajstić information content (AvgIpc) is 2.31. The minimum Gasteiger partial charge on any atom is -0.298 e. The second kappa shape index (κ2) is 5.66. The van der Waals surface area contributed by atoms with Gasteiger partial charge < -0.3 is 0 Å². The molecule has 8 heteroatoms. The molecule has 0 aliphatic heterocycles. The Hall–Kier alpha value is -0.0200. The van der Waals surface area contributed by atoms with Gasteiger partial charge in [-0.05, 0) is 33.7 Å². The van der Waals surface area contributed by atoms with Gasteiger partial charge in [0.05, 0.1) is 11.8 Å². The van der Waals surface area contributed by atoms with E-state index in [1.54, 1.807) is 17.9 Å². The first-order valence-corrected chi connectivity index (χ1v) is 7.38.